The number of hydrogen-bond acceptors (Lipinski definition) is 2. The largest absolute Gasteiger partial charge is 0.368 e. The van der Waals surface area contributed by atoms with E-state index >= 15 is 0 Å². The zero-order valence-corrected chi connectivity index (χ0v) is 6.48. The van der Waals surface area contributed by atoms with Gasteiger partial charge in [0.2, 0.25) is 5.91 Å². The summed E-state index contributed by atoms with van der Waals surface area (Å²) in [5.41, 5.74) is 4.84. The Labute approximate surface area is 61.0 Å². The van der Waals surface area contributed by atoms with Gasteiger partial charge < -0.3 is 11.1 Å². The second-order valence-corrected chi connectivity index (χ2v) is 3.25. The van der Waals surface area contributed by atoms with Crippen LogP contribution in [0.15, 0.2) is 0 Å². The van der Waals surface area contributed by atoms with Gasteiger partial charge in [-0.1, -0.05) is 0 Å². The highest BCUT2D eigenvalue weighted by molar-refractivity contribution is 5.87. The molecule has 0 atom stereocenters. The maximum atomic E-state index is 10.8. The molecule has 1 fully saturated rings. The molecular weight excluding hydrogens is 128 g/mol. The minimum Gasteiger partial charge on any atom is -0.368 e. The molecule has 1 saturated carbocycles. The van der Waals surface area contributed by atoms with E-state index in [1.165, 1.54) is 0 Å². The monoisotopic (exact) mass is 142 g/mol. The quantitative estimate of drug-likeness (QED) is 0.583. The van der Waals surface area contributed by atoms with Crippen molar-refractivity contribution in [1.82, 2.24) is 5.32 Å². The van der Waals surface area contributed by atoms with Gasteiger partial charge in [-0.25, -0.2) is 0 Å². The predicted molar refractivity (Wildman–Crippen MR) is 39.4 cm³/mol. The van der Waals surface area contributed by atoms with Crippen LogP contribution in [0.2, 0.25) is 0 Å². The summed E-state index contributed by atoms with van der Waals surface area (Å²) < 4.78 is 0. The van der Waals surface area contributed by atoms with E-state index in [2.05, 4.69) is 5.32 Å². The molecule has 3 heteroatoms. The minimum absolute atomic E-state index is 0.207. The van der Waals surface area contributed by atoms with Crippen molar-refractivity contribution >= 4 is 5.91 Å². The van der Waals surface area contributed by atoms with Crippen molar-refractivity contribution in [3.63, 3.8) is 0 Å². The van der Waals surface area contributed by atoms with Crippen LogP contribution in [0.5, 0.6) is 0 Å². The average Bonchev–Trinajstić information content (AvgIpc) is 2.46. The third kappa shape index (κ3) is 1.29. The number of amides is 1. The molecule has 0 heterocycles. The highest BCUT2D eigenvalue weighted by atomic mass is 16.1. The number of carbonyl (C=O) groups excluding carboxylic acids is 1. The average molecular weight is 142 g/mol. The summed E-state index contributed by atoms with van der Waals surface area (Å²) in [7, 11) is 0. The Morgan fingerprint density at radius 3 is 2.20 bits per heavy atom. The lowest BCUT2D eigenvalue weighted by molar-refractivity contribution is -0.121. The molecule has 0 saturated heterocycles. The van der Waals surface area contributed by atoms with Crippen LogP contribution in [-0.4, -0.2) is 17.5 Å². The fourth-order valence-corrected chi connectivity index (χ4v) is 1.14. The number of nitrogens with one attached hydrogen (secondary N) is 1. The van der Waals surface area contributed by atoms with Crippen molar-refractivity contribution < 1.29 is 4.79 Å². The summed E-state index contributed by atoms with van der Waals surface area (Å²) in [6.45, 7) is 4.03. The molecular formula is C7H14N2O. The molecule has 10 heavy (non-hydrogen) atoms. The highest BCUT2D eigenvalue weighted by Gasteiger charge is 2.48. The SMILES string of the molecule is CC(C)NC1(C(N)=O)CC1. The van der Waals surface area contributed by atoms with Crippen LogP contribution in [0.25, 0.3) is 0 Å². The fraction of sp³-hybridized carbons (Fsp3) is 0.857. The molecule has 0 bridgehead atoms. The molecule has 0 aliphatic heterocycles. The lowest BCUT2D eigenvalue weighted by Crippen LogP contribution is -2.46. The van der Waals surface area contributed by atoms with Gasteiger partial charge in [-0.05, 0) is 26.7 Å². The van der Waals surface area contributed by atoms with E-state index < -0.39 is 0 Å². The molecule has 1 amide bonds. The van der Waals surface area contributed by atoms with Crippen LogP contribution in [-0.2, 0) is 4.79 Å². The van der Waals surface area contributed by atoms with Crippen LogP contribution in [0.4, 0.5) is 0 Å². The minimum atomic E-state index is -0.339. The topological polar surface area (TPSA) is 55.1 Å². The van der Waals surface area contributed by atoms with Crippen LogP contribution < -0.4 is 11.1 Å². The Morgan fingerprint density at radius 1 is 1.60 bits per heavy atom. The molecule has 1 aliphatic carbocycles. The van der Waals surface area contributed by atoms with Crippen molar-refractivity contribution in [3.8, 4) is 0 Å². The molecule has 1 aliphatic rings. The molecule has 0 spiro atoms. The normalized spacial score (nSPS) is 21.1. The third-order valence-corrected chi connectivity index (χ3v) is 1.79. The number of hydrogen-bond donors (Lipinski definition) is 2. The summed E-state index contributed by atoms with van der Waals surface area (Å²) in [5, 5.41) is 3.16. The Morgan fingerprint density at radius 2 is 2.10 bits per heavy atom. The van der Waals surface area contributed by atoms with Crippen LogP contribution in [0, 0.1) is 0 Å². The first-order valence-electron chi connectivity index (χ1n) is 3.64. The van der Waals surface area contributed by atoms with Crippen molar-refractivity contribution in [3.05, 3.63) is 0 Å². The van der Waals surface area contributed by atoms with Gasteiger partial charge in [-0.3, -0.25) is 4.79 Å². The van der Waals surface area contributed by atoms with Crippen LogP contribution in [0.1, 0.15) is 26.7 Å². The molecule has 58 valence electrons. The number of primary amides is 1. The molecule has 0 aromatic carbocycles. The second-order valence-electron chi connectivity index (χ2n) is 3.25. The molecule has 0 aromatic heterocycles. The van der Waals surface area contributed by atoms with Gasteiger partial charge in [-0.15, -0.1) is 0 Å². The first-order chi connectivity index (χ1) is 4.57. The molecule has 0 radical (unpaired) electrons. The van der Waals surface area contributed by atoms with Gasteiger partial charge in [-0.2, -0.15) is 0 Å². The van der Waals surface area contributed by atoms with Crippen molar-refractivity contribution in [1.29, 1.82) is 0 Å². The summed E-state index contributed by atoms with van der Waals surface area (Å²) in [6.07, 6.45) is 1.81. The summed E-state index contributed by atoms with van der Waals surface area (Å²) in [4.78, 5) is 10.8. The summed E-state index contributed by atoms with van der Waals surface area (Å²) in [6, 6.07) is 0.343. The van der Waals surface area contributed by atoms with Gasteiger partial charge >= 0.3 is 0 Å². The first kappa shape index (κ1) is 7.54. The van der Waals surface area contributed by atoms with Gasteiger partial charge in [0.05, 0.1) is 5.54 Å². The van der Waals surface area contributed by atoms with Gasteiger partial charge in [0.1, 0.15) is 0 Å². The number of rotatable bonds is 3. The zero-order valence-electron chi connectivity index (χ0n) is 6.48. The van der Waals surface area contributed by atoms with Crippen molar-refractivity contribution in [2.45, 2.75) is 38.3 Å². The Balaban J connectivity index is 2.45. The van der Waals surface area contributed by atoms with E-state index in [9.17, 15) is 4.79 Å². The highest BCUT2D eigenvalue weighted by Crippen LogP contribution is 2.35. The van der Waals surface area contributed by atoms with Crippen molar-refractivity contribution in [2.75, 3.05) is 0 Å². The Hall–Kier alpha value is -0.570. The second kappa shape index (κ2) is 2.23. The maximum Gasteiger partial charge on any atom is 0.237 e. The van der Waals surface area contributed by atoms with Gasteiger partial charge in [0.25, 0.3) is 0 Å². The molecule has 0 unspecified atom stereocenters. The molecule has 3 N–H and O–H groups in total. The van der Waals surface area contributed by atoms with Crippen molar-refractivity contribution in [2.24, 2.45) is 5.73 Å². The molecule has 0 aromatic rings. The summed E-state index contributed by atoms with van der Waals surface area (Å²) in [5.74, 6) is -0.207. The van der Waals surface area contributed by atoms with Crippen LogP contribution in [0.3, 0.4) is 0 Å². The van der Waals surface area contributed by atoms with E-state index in [0.717, 1.165) is 12.8 Å². The standard InChI is InChI=1S/C7H14N2O/c1-5(2)9-7(3-4-7)6(8)10/h5,9H,3-4H2,1-2H3,(H2,8,10). The first-order valence-corrected chi connectivity index (χ1v) is 3.64. The Kier molecular flexibility index (Phi) is 1.68. The fourth-order valence-electron chi connectivity index (χ4n) is 1.14. The molecule has 3 nitrogen and oxygen atoms in total. The van der Waals surface area contributed by atoms with E-state index in [1.807, 2.05) is 13.8 Å². The lowest BCUT2D eigenvalue weighted by atomic mass is 10.2. The van der Waals surface area contributed by atoms with E-state index in [4.69, 9.17) is 5.73 Å². The summed E-state index contributed by atoms with van der Waals surface area (Å²) >= 11 is 0. The van der Waals surface area contributed by atoms with Gasteiger partial charge in [0, 0.05) is 6.04 Å². The van der Waals surface area contributed by atoms with Crippen LogP contribution >= 0.6 is 0 Å². The maximum absolute atomic E-state index is 10.8. The Bertz CT molecular complexity index is 150. The number of carbonyl (C=O) groups is 1. The van der Waals surface area contributed by atoms with E-state index in [1.54, 1.807) is 0 Å². The third-order valence-electron chi connectivity index (χ3n) is 1.79. The molecule has 1 rings (SSSR count). The zero-order chi connectivity index (χ0) is 7.78. The predicted octanol–water partition coefficient (Wildman–Crippen LogP) is 0.00230. The number of nitrogens with two attached hydrogens (primary N) is 1. The lowest BCUT2D eigenvalue weighted by Gasteiger charge is -2.15. The van der Waals surface area contributed by atoms with Gasteiger partial charge in [0.15, 0.2) is 0 Å². The van der Waals surface area contributed by atoms with E-state index in [-0.39, 0.29) is 11.4 Å². The smallest absolute Gasteiger partial charge is 0.237 e. The van der Waals surface area contributed by atoms with E-state index in [0.29, 0.717) is 6.04 Å².